The number of nitrogens with zero attached hydrogens (tertiary/aromatic N) is 2. The van der Waals surface area contributed by atoms with E-state index >= 15 is 0 Å². The van der Waals surface area contributed by atoms with Crippen LogP contribution in [-0.4, -0.2) is 11.5 Å². The molecular formula is C14H18Cl2N2. The second kappa shape index (κ2) is 6.94. The van der Waals surface area contributed by atoms with E-state index in [1.165, 1.54) is 0 Å². The van der Waals surface area contributed by atoms with Gasteiger partial charge >= 0.3 is 0 Å². The Kier molecular flexibility index (Phi) is 5.87. The number of hydrogen-bond donors (Lipinski definition) is 0. The first kappa shape index (κ1) is 15.2. The van der Waals surface area contributed by atoms with Gasteiger partial charge in [0.05, 0.1) is 17.2 Å². The van der Waals surface area contributed by atoms with Gasteiger partial charge in [-0.2, -0.15) is 4.99 Å². The molecule has 0 spiro atoms. The van der Waals surface area contributed by atoms with E-state index in [0.29, 0.717) is 15.7 Å². The SMILES string of the molecule is CCC(CC)(CC)N=C=Nc1cc(Cl)cc(Cl)c1. The maximum Gasteiger partial charge on any atom is 0.0954 e. The van der Waals surface area contributed by atoms with Crippen molar-refractivity contribution in [1.82, 2.24) is 0 Å². The van der Waals surface area contributed by atoms with Gasteiger partial charge in [0.1, 0.15) is 0 Å². The molecule has 1 aromatic carbocycles. The van der Waals surface area contributed by atoms with Crippen molar-refractivity contribution < 1.29 is 0 Å². The molecule has 1 aromatic rings. The number of hydrogen-bond acceptors (Lipinski definition) is 2. The number of halogens is 2. The van der Waals surface area contributed by atoms with Gasteiger partial charge in [-0.25, -0.2) is 4.99 Å². The van der Waals surface area contributed by atoms with E-state index in [2.05, 4.69) is 36.8 Å². The normalized spacial score (nSPS) is 10.9. The highest BCUT2D eigenvalue weighted by Gasteiger charge is 2.21. The third-order valence-corrected chi connectivity index (χ3v) is 3.72. The average Bonchev–Trinajstić information content (AvgIpc) is 2.34. The molecule has 18 heavy (non-hydrogen) atoms. The molecule has 0 bridgehead atoms. The summed E-state index contributed by atoms with van der Waals surface area (Å²) in [6.45, 7) is 6.40. The van der Waals surface area contributed by atoms with Crippen LogP contribution >= 0.6 is 23.2 Å². The first-order valence-corrected chi connectivity index (χ1v) is 6.94. The zero-order chi connectivity index (χ0) is 13.6. The fourth-order valence-corrected chi connectivity index (χ4v) is 2.29. The van der Waals surface area contributed by atoms with Crippen molar-refractivity contribution in [1.29, 1.82) is 0 Å². The zero-order valence-electron chi connectivity index (χ0n) is 11.0. The van der Waals surface area contributed by atoms with Crippen molar-refractivity contribution in [3.8, 4) is 0 Å². The summed E-state index contributed by atoms with van der Waals surface area (Å²) in [7, 11) is 0. The summed E-state index contributed by atoms with van der Waals surface area (Å²) in [5.74, 6) is 0. The van der Waals surface area contributed by atoms with Crippen molar-refractivity contribution in [2.75, 3.05) is 0 Å². The van der Waals surface area contributed by atoms with Crippen LogP contribution < -0.4 is 0 Å². The molecule has 1 rings (SSSR count). The molecule has 0 saturated heterocycles. The molecule has 0 fully saturated rings. The maximum atomic E-state index is 5.90. The highest BCUT2D eigenvalue weighted by molar-refractivity contribution is 6.35. The third kappa shape index (κ3) is 4.13. The van der Waals surface area contributed by atoms with E-state index in [1.807, 2.05) is 0 Å². The van der Waals surface area contributed by atoms with E-state index in [9.17, 15) is 0 Å². The van der Waals surface area contributed by atoms with Crippen LogP contribution in [0.4, 0.5) is 5.69 Å². The van der Waals surface area contributed by atoms with Gasteiger partial charge in [0.15, 0.2) is 0 Å². The minimum Gasteiger partial charge on any atom is -0.219 e. The lowest BCUT2D eigenvalue weighted by Crippen LogP contribution is -2.22. The minimum atomic E-state index is -0.0497. The van der Waals surface area contributed by atoms with E-state index in [1.54, 1.807) is 18.2 Å². The molecule has 0 aliphatic heterocycles. The van der Waals surface area contributed by atoms with Crippen LogP contribution in [0.15, 0.2) is 28.2 Å². The fraction of sp³-hybridized carbons (Fsp3) is 0.500. The molecule has 0 amide bonds. The van der Waals surface area contributed by atoms with E-state index < -0.39 is 0 Å². The van der Waals surface area contributed by atoms with Gasteiger partial charge in [0, 0.05) is 10.0 Å². The third-order valence-electron chi connectivity index (χ3n) is 3.29. The van der Waals surface area contributed by atoms with Crippen LogP contribution in [0.5, 0.6) is 0 Å². The van der Waals surface area contributed by atoms with Crippen molar-refractivity contribution in [2.45, 2.75) is 45.6 Å². The molecule has 0 saturated carbocycles. The first-order valence-electron chi connectivity index (χ1n) is 6.19. The summed E-state index contributed by atoms with van der Waals surface area (Å²) in [4.78, 5) is 8.63. The molecule has 0 N–H and O–H groups in total. The largest absolute Gasteiger partial charge is 0.219 e. The van der Waals surface area contributed by atoms with Gasteiger partial charge in [-0.3, -0.25) is 0 Å². The van der Waals surface area contributed by atoms with Crippen molar-refractivity contribution >= 4 is 34.9 Å². The molecule has 2 nitrogen and oxygen atoms in total. The minimum absolute atomic E-state index is 0.0497. The molecule has 0 aliphatic carbocycles. The van der Waals surface area contributed by atoms with Crippen LogP contribution in [0.1, 0.15) is 40.0 Å². The van der Waals surface area contributed by atoms with Crippen molar-refractivity contribution in [3.63, 3.8) is 0 Å². The van der Waals surface area contributed by atoms with Gasteiger partial charge in [0.25, 0.3) is 0 Å². The molecule has 0 radical (unpaired) electrons. The summed E-state index contributed by atoms with van der Waals surface area (Å²) in [5.41, 5.74) is 0.625. The van der Waals surface area contributed by atoms with Crippen molar-refractivity contribution in [2.24, 2.45) is 9.98 Å². The topological polar surface area (TPSA) is 24.7 Å². The first-order chi connectivity index (χ1) is 8.55. The predicted octanol–water partition coefficient (Wildman–Crippen LogP) is 5.77. The molecule has 0 unspecified atom stereocenters. The van der Waals surface area contributed by atoms with Gasteiger partial charge in [-0.15, -0.1) is 0 Å². The molecule has 0 heterocycles. The Labute approximate surface area is 119 Å². The second-order valence-corrected chi connectivity index (χ2v) is 5.11. The number of rotatable bonds is 5. The summed E-state index contributed by atoms with van der Waals surface area (Å²) >= 11 is 11.8. The fourth-order valence-electron chi connectivity index (χ4n) is 1.78. The average molecular weight is 285 g/mol. The Bertz CT molecular complexity index is 430. The number of benzene rings is 1. The lowest BCUT2D eigenvalue weighted by molar-refractivity contribution is 0.388. The molecular weight excluding hydrogens is 267 g/mol. The Morgan fingerprint density at radius 1 is 1.00 bits per heavy atom. The lowest BCUT2D eigenvalue weighted by Gasteiger charge is -2.23. The summed E-state index contributed by atoms with van der Waals surface area (Å²) in [6.07, 6.45) is 2.95. The highest BCUT2D eigenvalue weighted by Crippen LogP contribution is 2.25. The smallest absolute Gasteiger partial charge is 0.0954 e. The van der Waals surface area contributed by atoms with Crippen LogP contribution in [0.25, 0.3) is 0 Å². The van der Waals surface area contributed by atoms with Crippen LogP contribution in [0.2, 0.25) is 10.0 Å². The van der Waals surface area contributed by atoms with Crippen LogP contribution in [-0.2, 0) is 0 Å². The summed E-state index contributed by atoms with van der Waals surface area (Å²) < 4.78 is 0. The highest BCUT2D eigenvalue weighted by atomic mass is 35.5. The zero-order valence-corrected chi connectivity index (χ0v) is 12.5. The Morgan fingerprint density at radius 2 is 1.50 bits per heavy atom. The Hall–Kier alpha value is -0.820. The van der Waals surface area contributed by atoms with Gasteiger partial charge in [-0.1, -0.05) is 44.0 Å². The molecule has 4 heteroatoms. The standard InChI is InChI=1S/C14H18Cl2N2/c1-4-14(5-2,6-3)18-10-17-13-8-11(15)7-12(16)9-13/h7-9H,4-6H2,1-3H3. The quantitative estimate of drug-likeness (QED) is 0.614. The summed E-state index contributed by atoms with van der Waals surface area (Å²) in [5, 5.41) is 1.13. The monoisotopic (exact) mass is 284 g/mol. The Morgan fingerprint density at radius 3 is 1.94 bits per heavy atom. The van der Waals surface area contributed by atoms with E-state index in [4.69, 9.17) is 23.2 Å². The predicted molar refractivity (Wildman–Crippen MR) is 79.6 cm³/mol. The molecule has 0 aliphatic rings. The van der Waals surface area contributed by atoms with Gasteiger partial charge < -0.3 is 0 Å². The molecule has 0 atom stereocenters. The molecule has 0 aromatic heterocycles. The second-order valence-electron chi connectivity index (χ2n) is 4.24. The Balaban J connectivity index is 2.97. The van der Waals surface area contributed by atoms with Crippen LogP contribution in [0.3, 0.4) is 0 Å². The maximum absolute atomic E-state index is 5.90. The van der Waals surface area contributed by atoms with Crippen LogP contribution in [0, 0.1) is 0 Å². The van der Waals surface area contributed by atoms with Crippen molar-refractivity contribution in [3.05, 3.63) is 28.2 Å². The lowest BCUT2D eigenvalue weighted by atomic mass is 9.91. The summed E-state index contributed by atoms with van der Waals surface area (Å²) in [6, 6.07) is 7.93. The van der Waals surface area contributed by atoms with Gasteiger partial charge in [0.2, 0.25) is 0 Å². The van der Waals surface area contributed by atoms with E-state index in [-0.39, 0.29) is 5.54 Å². The number of aliphatic imine (C=N–C) groups is 2. The van der Waals surface area contributed by atoms with Gasteiger partial charge in [-0.05, 0) is 37.5 Å². The molecule has 98 valence electrons. The van der Waals surface area contributed by atoms with E-state index in [0.717, 1.165) is 19.3 Å².